The zero-order valence-electron chi connectivity index (χ0n) is 9.08. The summed E-state index contributed by atoms with van der Waals surface area (Å²) in [5.74, 6) is -0.777. The molecular formula is C10H12F3N3O. The van der Waals surface area contributed by atoms with Crippen molar-refractivity contribution < 1.29 is 18.0 Å². The van der Waals surface area contributed by atoms with E-state index in [1.54, 1.807) is 0 Å². The number of rotatable bonds is 2. The summed E-state index contributed by atoms with van der Waals surface area (Å²) < 4.78 is 36.3. The van der Waals surface area contributed by atoms with Crippen LogP contribution in [-0.2, 0) is 0 Å². The van der Waals surface area contributed by atoms with Gasteiger partial charge in [-0.25, -0.2) is 0 Å². The van der Waals surface area contributed by atoms with Crippen LogP contribution in [0.3, 0.4) is 0 Å². The second-order valence-corrected chi connectivity index (χ2v) is 3.66. The average molecular weight is 247 g/mol. The molecule has 0 aliphatic carbocycles. The number of anilines is 2. The summed E-state index contributed by atoms with van der Waals surface area (Å²) in [5, 5.41) is 0. The molecule has 94 valence electrons. The van der Waals surface area contributed by atoms with Crippen LogP contribution in [0.4, 0.5) is 24.5 Å². The first-order chi connectivity index (χ1) is 7.69. The number of nitrogens with two attached hydrogens (primary N) is 2. The van der Waals surface area contributed by atoms with E-state index in [0.29, 0.717) is 4.90 Å². The molecular weight excluding hydrogens is 235 g/mol. The fourth-order valence-electron chi connectivity index (χ4n) is 1.36. The monoisotopic (exact) mass is 247 g/mol. The number of carbonyl (C=O) groups is 1. The molecule has 0 unspecified atom stereocenters. The molecule has 0 spiro atoms. The molecule has 1 amide bonds. The Balaban J connectivity index is 2.89. The van der Waals surface area contributed by atoms with Crippen LogP contribution >= 0.6 is 0 Å². The third kappa shape index (κ3) is 3.86. The number of hydrogen-bond donors (Lipinski definition) is 2. The van der Waals surface area contributed by atoms with Crippen LogP contribution in [-0.4, -0.2) is 30.6 Å². The van der Waals surface area contributed by atoms with Crippen LogP contribution in [0.2, 0.25) is 0 Å². The minimum absolute atomic E-state index is 0.0363. The lowest BCUT2D eigenvalue weighted by Crippen LogP contribution is -2.35. The van der Waals surface area contributed by atoms with Crippen molar-refractivity contribution in [2.45, 2.75) is 6.18 Å². The molecule has 0 aromatic heterocycles. The summed E-state index contributed by atoms with van der Waals surface area (Å²) >= 11 is 0. The molecule has 0 radical (unpaired) electrons. The van der Waals surface area contributed by atoms with Gasteiger partial charge in [-0.3, -0.25) is 4.79 Å². The molecule has 17 heavy (non-hydrogen) atoms. The highest BCUT2D eigenvalue weighted by Gasteiger charge is 2.31. The number of benzene rings is 1. The number of halogens is 3. The van der Waals surface area contributed by atoms with Crippen molar-refractivity contribution >= 4 is 17.3 Å². The first-order valence-corrected chi connectivity index (χ1v) is 4.67. The predicted octanol–water partition coefficient (Wildman–Crippen LogP) is 1.49. The zero-order valence-corrected chi connectivity index (χ0v) is 9.08. The summed E-state index contributed by atoms with van der Waals surface area (Å²) in [7, 11) is 1.06. The first-order valence-electron chi connectivity index (χ1n) is 4.67. The van der Waals surface area contributed by atoms with Crippen molar-refractivity contribution in [2.24, 2.45) is 0 Å². The van der Waals surface area contributed by atoms with Crippen molar-refractivity contribution in [3.63, 3.8) is 0 Å². The van der Waals surface area contributed by atoms with E-state index in [1.807, 2.05) is 0 Å². The van der Waals surface area contributed by atoms with Gasteiger partial charge in [-0.1, -0.05) is 0 Å². The fourth-order valence-corrected chi connectivity index (χ4v) is 1.36. The Bertz CT molecular complexity index is 411. The van der Waals surface area contributed by atoms with Crippen molar-refractivity contribution in [3.8, 4) is 0 Å². The maximum atomic E-state index is 12.1. The molecule has 0 saturated heterocycles. The third-order valence-electron chi connectivity index (χ3n) is 1.99. The topological polar surface area (TPSA) is 72.3 Å². The van der Waals surface area contributed by atoms with Crippen LogP contribution in [0.1, 0.15) is 10.4 Å². The van der Waals surface area contributed by atoms with Gasteiger partial charge in [0.2, 0.25) is 0 Å². The summed E-state index contributed by atoms with van der Waals surface area (Å²) in [6, 6.07) is 3.98. The highest BCUT2D eigenvalue weighted by Crippen LogP contribution is 2.19. The molecule has 0 saturated carbocycles. The highest BCUT2D eigenvalue weighted by atomic mass is 19.4. The van der Waals surface area contributed by atoms with Gasteiger partial charge in [0, 0.05) is 24.0 Å². The van der Waals surface area contributed by atoms with Crippen molar-refractivity contribution in [2.75, 3.05) is 25.1 Å². The third-order valence-corrected chi connectivity index (χ3v) is 1.99. The normalized spacial score (nSPS) is 11.3. The van der Waals surface area contributed by atoms with Crippen LogP contribution in [0.15, 0.2) is 18.2 Å². The molecule has 1 aromatic carbocycles. The maximum Gasteiger partial charge on any atom is 0.406 e. The van der Waals surface area contributed by atoms with E-state index in [2.05, 4.69) is 0 Å². The molecule has 0 fully saturated rings. The quantitative estimate of drug-likeness (QED) is 0.777. The molecule has 0 heterocycles. The summed E-state index contributed by atoms with van der Waals surface area (Å²) in [4.78, 5) is 12.2. The minimum Gasteiger partial charge on any atom is -0.399 e. The van der Waals surface area contributed by atoms with Crippen LogP contribution in [0.25, 0.3) is 0 Å². The van der Waals surface area contributed by atoms with Gasteiger partial charge in [0.05, 0.1) is 0 Å². The lowest BCUT2D eigenvalue weighted by Gasteiger charge is -2.19. The highest BCUT2D eigenvalue weighted by molar-refractivity contribution is 5.96. The second-order valence-electron chi connectivity index (χ2n) is 3.66. The summed E-state index contributed by atoms with van der Waals surface area (Å²) in [5.41, 5.74) is 11.4. The van der Waals surface area contributed by atoms with E-state index < -0.39 is 18.6 Å². The zero-order chi connectivity index (χ0) is 13.2. The lowest BCUT2D eigenvalue weighted by molar-refractivity contribution is -0.138. The first kappa shape index (κ1) is 13.1. The van der Waals surface area contributed by atoms with Crippen molar-refractivity contribution in [1.82, 2.24) is 4.90 Å². The van der Waals surface area contributed by atoms with Gasteiger partial charge in [-0.05, 0) is 18.2 Å². The number of alkyl halides is 3. The SMILES string of the molecule is CN(CC(F)(F)F)C(=O)c1cc(N)cc(N)c1. The predicted molar refractivity (Wildman–Crippen MR) is 58.3 cm³/mol. The molecule has 0 aliphatic rings. The van der Waals surface area contributed by atoms with Gasteiger partial charge < -0.3 is 16.4 Å². The smallest absolute Gasteiger partial charge is 0.399 e. The number of nitrogens with zero attached hydrogens (tertiary/aromatic N) is 1. The largest absolute Gasteiger partial charge is 0.406 e. The van der Waals surface area contributed by atoms with Crippen LogP contribution < -0.4 is 11.5 Å². The lowest BCUT2D eigenvalue weighted by atomic mass is 10.1. The van der Waals surface area contributed by atoms with E-state index in [-0.39, 0.29) is 16.9 Å². The Morgan fingerprint density at radius 3 is 2.12 bits per heavy atom. The molecule has 0 bridgehead atoms. The molecule has 0 atom stereocenters. The molecule has 1 aromatic rings. The summed E-state index contributed by atoms with van der Waals surface area (Å²) in [6.45, 7) is -1.32. The van der Waals surface area contributed by atoms with Gasteiger partial charge >= 0.3 is 6.18 Å². The number of hydrogen-bond acceptors (Lipinski definition) is 3. The van der Waals surface area contributed by atoms with Gasteiger partial charge in [0.15, 0.2) is 0 Å². The van der Waals surface area contributed by atoms with Gasteiger partial charge in [-0.2, -0.15) is 13.2 Å². The van der Waals surface area contributed by atoms with E-state index in [9.17, 15) is 18.0 Å². The Labute approximate surface area is 96.0 Å². The van der Waals surface area contributed by atoms with Gasteiger partial charge in [0.25, 0.3) is 5.91 Å². The number of amides is 1. The van der Waals surface area contributed by atoms with Gasteiger partial charge in [0.1, 0.15) is 6.54 Å². The number of nitrogen functional groups attached to an aromatic ring is 2. The Morgan fingerprint density at radius 2 is 1.71 bits per heavy atom. The van der Waals surface area contributed by atoms with Crippen LogP contribution in [0, 0.1) is 0 Å². The van der Waals surface area contributed by atoms with Crippen molar-refractivity contribution in [3.05, 3.63) is 23.8 Å². The molecule has 7 heteroatoms. The standard InChI is InChI=1S/C10H12F3N3O/c1-16(5-10(11,12)13)9(17)6-2-7(14)4-8(15)3-6/h2-4H,5,14-15H2,1H3. The summed E-state index contributed by atoms with van der Waals surface area (Å²) in [6.07, 6.45) is -4.43. The minimum atomic E-state index is -4.43. The molecule has 4 N–H and O–H groups in total. The Kier molecular flexibility index (Phi) is 3.50. The Hall–Kier alpha value is -1.92. The maximum absolute atomic E-state index is 12.1. The van der Waals surface area contributed by atoms with E-state index >= 15 is 0 Å². The second kappa shape index (κ2) is 4.52. The molecule has 0 aliphatic heterocycles. The van der Waals surface area contributed by atoms with Crippen molar-refractivity contribution in [1.29, 1.82) is 0 Å². The van der Waals surface area contributed by atoms with E-state index in [4.69, 9.17) is 11.5 Å². The van der Waals surface area contributed by atoms with Gasteiger partial charge in [-0.15, -0.1) is 0 Å². The van der Waals surface area contributed by atoms with Crippen LogP contribution in [0.5, 0.6) is 0 Å². The molecule has 4 nitrogen and oxygen atoms in total. The van der Waals surface area contributed by atoms with E-state index in [1.165, 1.54) is 18.2 Å². The van der Waals surface area contributed by atoms with E-state index in [0.717, 1.165) is 7.05 Å². The fraction of sp³-hybridized carbons (Fsp3) is 0.300. The Morgan fingerprint density at radius 1 is 1.24 bits per heavy atom. The molecule has 1 rings (SSSR count). The average Bonchev–Trinajstić information content (AvgIpc) is 2.12. The number of carbonyl (C=O) groups excluding carboxylic acids is 1.